The molecule has 2 aromatic carbocycles. The molecule has 0 aliphatic carbocycles. The third kappa shape index (κ3) is 2.90. The Bertz CT molecular complexity index is 968. The molecule has 0 fully saturated rings. The van der Waals surface area contributed by atoms with Gasteiger partial charge >= 0.3 is 0 Å². The number of methoxy groups -OCH3 is 4. The minimum absolute atomic E-state index is 0.247. The van der Waals surface area contributed by atoms with Crippen LogP contribution in [0.4, 0.5) is 0 Å². The molecule has 0 saturated heterocycles. The van der Waals surface area contributed by atoms with Crippen molar-refractivity contribution in [1.82, 2.24) is 4.98 Å². The summed E-state index contributed by atoms with van der Waals surface area (Å²) in [5, 5.41) is 1.44. The molecule has 0 radical (unpaired) electrons. The van der Waals surface area contributed by atoms with Crippen LogP contribution in [0.2, 0.25) is 0 Å². The summed E-state index contributed by atoms with van der Waals surface area (Å²) < 4.78 is 21.4. The Morgan fingerprint density at radius 2 is 1.50 bits per heavy atom. The van der Waals surface area contributed by atoms with E-state index in [1.165, 1.54) is 14.2 Å². The third-order valence-electron chi connectivity index (χ3n) is 4.13. The Kier molecular flexibility index (Phi) is 4.93. The monoisotopic (exact) mass is 353 g/mol. The number of hydrogen-bond donors (Lipinski definition) is 0. The zero-order valence-electron chi connectivity index (χ0n) is 15.0. The molecule has 0 spiro atoms. The van der Waals surface area contributed by atoms with Gasteiger partial charge in [0.15, 0.2) is 23.0 Å². The van der Waals surface area contributed by atoms with Crippen LogP contribution in [-0.4, -0.2) is 39.2 Å². The smallest absolute Gasteiger partial charge is 0.212 e. The number of hydrogen-bond acceptors (Lipinski definition) is 6. The van der Waals surface area contributed by atoms with Crippen molar-refractivity contribution in [1.29, 1.82) is 0 Å². The van der Waals surface area contributed by atoms with E-state index in [0.29, 0.717) is 33.9 Å². The van der Waals surface area contributed by atoms with E-state index in [0.717, 1.165) is 5.39 Å². The molecule has 0 N–H and O–H groups in total. The third-order valence-corrected chi connectivity index (χ3v) is 4.13. The van der Waals surface area contributed by atoms with E-state index < -0.39 is 0 Å². The lowest BCUT2D eigenvalue weighted by atomic mass is 10.0. The van der Waals surface area contributed by atoms with Gasteiger partial charge in [0, 0.05) is 11.8 Å². The molecule has 0 aliphatic heterocycles. The number of pyridine rings is 1. The summed E-state index contributed by atoms with van der Waals surface area (Å²) in [6.45, 7) is 0. The lowest BCUT2D eigenvalue weighted by Crippen LogP contribution is -2.07. The van der Waals surface area contributed by atoms with Crippen molar-refractivity contribution in [3.8, 4) is 23.0 Å². The normalized spacial score (nSPS) is 10.5. The first-order valence-corrected chi connectivity index (χ1v) is 7.91. The Hall–Kier alpha value is -3.28. The van der Waals surface area contributed by atoms with E-state index in [1.807, 2.05) is 12.1 Å². The highest BCUT2D eigenvalue weighted by Crippen LogP contribution is 2.38. The first-order chi connectivity index (χ1) is 12.6. The Labute approximate surface area is 151 Å². The number of benzene rings is 2. The molecule has 0 bridgehead atoms. The van der Waals surface area contributed by atoms with Crippen molar-refractivity contribution in [2.24, 2.45) is 0 Å². The van der Waals surface area contributed by atoms with Crippen molar-refractivity contribution in [3.63, 3.8) is 0 Å². The molecule has 3 aromatic rings. The zero-order chi connectivity index (χ0) is 18.7. The number of carbonyl (C=O) groups is 1. The molecule has 0 aliphatic rings. The number of rotatable bonds is 6. The van der Waals surface area contributed by atoms with Crippen LogP contribution in [0.3, 0.4) is 0 Å². The molecule has 3 rings (SSSR count). The lowest BCUT2D eigenvalue weighted by molar-refractivity contribution is 0.103. The standard InChI is InChI=1S/C20H19NO5/c1-23-14-7-6-13(11-16(14)25-3)19(22)18-17-12(9-10-21-18)5-8-15(24-2)20(17)26-4/h5-11H,1-4H3. The predicted molar refractivity (Wildman–Crippen MR) is 97.8 cm³/mol. The predicted octanol–water partition coefficient (Wildman–Crippen LogP) is 3.50. The van der Waals surface area contributed by atoms with Gasteiger partial charge in [0.25, 0.3) is 0 Å². The van der Waals surface area contributed by atoms with Crippen molar-refractivity contribution >= 4 is 16.6 Å². The molecule has 26 heavy (non-hydrogen) atoms. The van der Waals surface area contributed by atoms with E-state index >= 15 is 0 Å². The van der Waals surface area contributed by atoms with E-state index in [1.54, 1.807) is 44.7 Å². The maximum absolute atomic E-state index is 13.1. The zero-order valence-corrected chi connectivity index (χ0v) is 15.0. The van der Waals surface area contributed by atoms with Gasteiger partial charge in [0.2, 0.25) is 5.78 Å². The van der Waals surface area contributed by atoms with E-state index in [9.17, 15) is 4.79 Å². The first kappa shape index (κ1) is 17.5. The molecule has 1 heterocycles. The van der Waals surface area contributed by atoms with E-state index in [-0.39, 0.29) is 11.5 Å². The lowest BCUT2D eigenvalue weighted by Gasteiger charge is -2.13. The largest absolute Gasteiger partial charge is 0.493 e. The van der Waals surface area contributed by atoms with Crippen molar-refractivity contribution < 1.29 is 23.7 Å². The molecule has 0 atom stereocenters. The average Bonchev–Trinajstić information content (AvgIpc) is 2.71. The average molecular weight is 353 g/mol. The molecule has 6 nitrogen and oxygen atoms in total. The van der Waals surface area contributed by atoms with Crippen LogP contribution in [-0.2, 0) is 0 Å². The summed E-state index contributed by atoms with van der Waals surface area (Å²) in [5.74, 6) is 1.79. The summed E-state index contributed by atoms with van der Waals surface area (Å²) in [7, 11) is 6.16. The second kappa shape index (κ2) is 7.31. The van der Waals surface area contributed by atoms with Crippen molar-refractivity contribution in [2.45, 2.75) is 0 Å². The van der Waals surface area contributed by atoms with Crippen LogP contribution in [0.5, 0.6) is 23.0 Å². The van der Waals surface area contributed by atoms with Crippen LogP contribution in [0, 0.1) is 0 Å². The SMILES string of the molecule is COc1ccc(C(=O)c2nccc3ccc(OC)c(OC)c23)cc1OC. The minimum atomic E-state index is -0.247. The summed E-state index contributed by atoms with van der Waals surface area (Å²) >= 11 is 0. The fourth-order valence-corrected chi connectivity index (χ4v) is 2.87. The van der Waals surface area contributed by atoms with E-state index in [4.69, 9.17) is 18.9 Å². The number of ether oxygens (including phenoxy) is 4. The molecule has 134 valence electrons. The molecule has 0 amide bonds. The molecular formula is C20H19NO5. The first-order valence-electron chi connectivity index (χ1n) is 7.91. The highest BCUT2D eigenvalue weighted by molar-refractivity contribution is 6.16. The van der Waals surface area contributed by atoms with Crippen LogP contribution < -0.4 is 18.9 Å². The fourth-order valence-electron chi connectivity index (χ4n) is 2.87. The van der Waals surface area contributed by atoms with Gasteiger partial charge in [-0.25, -0.2) is 0 Å². The minimum Gasteiger partial charge on any atom is -0.493 e. The van der Waals surface area contributed by atoms with Crippen LogP contribution in [0.25, 0.3) is 10.8 Å². The van der Waals surface area contributed by atoms with Crippen LogP contribution in [0.1, 0.15) is 16.1 Å². The maximum Gasteiger partial charge on any atom is 0.212 e. The molecule has 1 aromatic heterocycles. The van der Waals surface area contributed by atoms with Crippen molar-refractivity contribution in [3.05, 3.63) is 53.9 Å². The molecule has 0 unspecified atom stereocenters. The van der Waals surface area contributed by atoms with Crippen molar-refractivity contribution in [2.75, 3.05) is 28.4 Å². The summed E-state index contributed by atoms with van der Waals surface area (Å²) in [6.07, 6.45) is 1.60. The number of nitrogens with zero attached hydrogens (tertiary/aromatic N) is 1. The van der Waals surface area contributed by atoms with Gasteiger partial charge in [-0.05, 0) is 35.7 Å². The maximum atomic E-state index is 13.1. The molecular weight excluding hydrogens is 334 g/mol. The number of fused-ring (bicyclic) bond motifs is 1. The van der Waals surface area contributed by atoms with Gasteiger partial charge in [-0.2, -0.15) is 0 Å². The number of ketones is 1. The topological polar surface area (TPSA) is 66.9 Å². The quantitative estimate of drug-likeness (QED) is 0.632. The summed E-state index contributed by atoms with van der Waals surface area (Å²) in [6, 6.07) is 10.5. The Balaban J connectivity index is 2.20. The number of aromatic nitrogens is 1. The van der Waals surface area contributed by atoms with Crippen LogP contribution in [0.15, 0.2) is 42.6 Å². The van der Waals surface area contributed by atoms with Gasteiger partial charge in [0.05, 0.1) is 33.8 Å². The Morgan fingerprint density at radius 1 is 0.808 bits per heavy atom. The van der Waals surface area contributed by atoms with E-state index in [2.05, 4.69) is 4.98 Å². The van der Waals surface area contributed by atoms with Gasteiger partial charge in [-0.15, -0.1) is 0 Å². The summed E-state index contributed by atoms with van der Waals surface area (Å²) in [4.78, 5) is 17.4. The van der Waals surface area contributed by atoms with Gasteiger partial charge in [0.1, 0.15) is 5.69 Å². The highest BCUT2D eigenvalue weighted by Gasteiger charge is 2.21. The molecule has 0 saturated carbocycles. The van der Waals surface area contributed by atoms with Crippen LogP contribution >= 0.6 is 0 Å². The fraction of sp³-hybridized carbons (Fsp3) is 0.200. The van der Waals surface area contributed by atoms with Gasteiger partial charge in [-0.1, -0.05) is 6.07 Å². The van der Waals surface area contributed by atoms with Gasteiger partial charge < -0.3 is 18.9 Å². The molecule has 6 heteroatoms. The highest BCUT2D eigenvalue weighted by atomic mass is 16.5. The number of carbonyl (C=O) groups excluding carboxylic acids is 1. The Morgan fingerprint density at radius 3 is 2.15 bits per heavy atom. The second-order valence-corrected chi connectivity index (χ2v) is 5.46. The van der Waals surface area contributed by atoms with Gasteiger partial charge in [-0.3, -0.25) is 9.78 Å². The summed E-state index contributed by atoms with van der Waals surface area (Å²) in [5.41, 5.74) is 0.720. The second-order valence-electron chi connectivity index (χ2n) is 5.46.